The minimum absolute atomic E-state index is 0.0142. The van der Waals surface area contributed by atoms with Gasteiger partial charge in [-0.05, 0) is 36.5 Å². The number of ether oxygens (including phenoxy) is 1. The van der Waals surface area contributed by atoms with Crippen molar-refractivity contribution in [2.45, 2.75) is 35.1 Å². The van der Waals surface area contributed by atoms with Crippen LogP contribution >= 0.6 is 31.9 Å². The summed E-state index contributed by atoms with van der Waals surface area (Å²) >= 11 is 6.01. The number of rotatable bonds is 5. The summed E-state index contributed by atoms with van der Waals surface area (Å²) in [5.41, 5.74) is -0.0142. The first-order valence-corrected chi connectivity index (χ1v) is 9.82. The molecule has 0 radical (unpaired) electrons. The Morgan fingerprint density at radius 1 is 1.12 bits per heavy atom. The smallest absolute Gasteiger partial charge is 0.381 e. The van der Waals surface area contributed by atoms with Gasteiger partial charge < -0.3 is 4.74 Å². The van der Waals surface area contributed by atoms with E-state index in [2.05, 4.69) is 31.9 Å². The second-order valence-corrected chi connectivity index (χ2v) is 8.92. The molecule has 12 heteroatoms. The number of benzene rings is 1. The van der Waals surface area contributed by atoms with Crippen LogP contribution in [0.2, 0.25) is 0 Å². The molecule has 2 rings (SSSR count). The van der Waals surface area contributed by atoms with Crippen molar-refractivity contribution in [1.29, 1.82) is 0 Å². The normalized spacial score (nSPS) is 20.4. The highest BCUT2D eigenvalue weighted by molar-refractivity contribution is 9.11. The highest BCUT2D eigenvalue weighted by Gasteiger charge is 2.76. The fraction of sp³-hybridized carbons (Fsp3) is 0.571. The van der Waals surface area contributed by atoms with Crippen LogP contribution < -0.4 is 0 Å². The lowest BCUT2D eigenvalue weighted by Crippen LogP contribution is -2.54. The molecule has 1 saturated heterocycles. The van der Waals surface area contributed by atoms with Crippen LogP contribution in [0.25, 0.3) is 0 Å². The van der Waals surface area contributed by atoms with Crippen molar-refractivity contribution >= 4 is 42.7 Å². The van der Waals surface area contributed by atoms with E-state index < -0.39 is 33.0 Å². The van der Waals surface area contributed by atoms with Crippen LogP contribution in [0.3, 0.4) is 0 Å². The second kappa shape index (κ2) is 7.67. The van der Waals surface area contributed by atoms with Gasteiger partial charge in [-0.25, -0.2) is 4.21 Å². The Bertz CT molecular complexity index is 703. The van der Waals surface area contributed by atoms with Crippen LogP contribution in [0.15, 0.2) is 26.0 Å². The van der Waals surface area contributed by atoms with E-state index in [1.165, 1.54) is 6.07 Å². The average Bonchev–Trinajstić information content (AvgIpc) is 3.00. The van der Waals surface area contributed by atoms with E-state index in [4.69, 9.17) is 4.74 Å². The van der Waals surface area contributed by atoms with Gasteiger partial charge in [-0.1, -0.05) is 31.9 Å². The largest absolute Gasteiger partial charge is 0.461 e. The fourth-order valence-electron chi connectivity index (χ4n) is 2.40. The second-order valence-electron chi connectivity index (χ2n) is 5.66. The lowest BCUT2D eigenvalue weighted by Gasteiger charge is -2.28. The molecule has 0 bridgehead atoms. The molecule has 0 N–H and O–H groups in total. The van der Waals surface area contributed by atoms with E-state index in [0.29, 0.717) is 13.0 Å². The molecule has 2 unspecified atom stereocenters. The lowest BCUT2D eigenvalue weighted by molar-refractivity contribution is -0.331. The molecule has 1 aromatic carbocycles. The summed E-state index contributed by atoms with van der Waals surface area (Å²) in [6.45, 7) is 0.698. The molecule has 148 valence electrons. The summed E-state index contributed by atoms with van der Waals surface area (Å²) in [5.74, 6) is -6.60. The molecular weight excluding hydrogens is 525 g/mol. The summed E-state index contributed by atoms with van der Waals surface area (Å²) in [6, 6.07) is 2.28. The van der Waals surface area contributed by atoms with Gasteiger partial charge in [-0.3, -0.25) is 0 Å². The minimum atomic E-state index is -6.55. The monoisotopic (exact) mass is 534 g/mol. The molecule has 0 spiro atoms. The van der Waals surface area contributed by atoms with Crippen molar-refractivity contribution in [3.05, 3.63) is 26.6 Å². The molecule has 0 saturated carbocycles. The third-order valence-electron chi connectivity index (χ3n) is 3.79. The van der Waals surface area contributed by atoms with E-state index >= 15 is 0 Å². The minimum Gasteiger partial charge on any atom is -0.381 e. The maximum atomic E-state index is 13.9. The molecule has 1 fully saturated rings. The summed E-state index contributed by atoms with van der Waals surface area (Å²) in [6.07, 6.45) is -5.94. The van der Waals surface area contributed by atoms with Gasteiger partial charge in [0.2, 0.25) is 0 Å². The summed E-state index contributed by atoms with van der Waals surface area (Å²) in [5, 5.41) is -5.84. The van der Waals surface area contributed by atoms with Gasteiger partial charge in [-0.2, -0.15) is 30.7 Å². The molecular formula is C14H11Br2F7O2S. The molecule has 0 amide bonds. The molecule has 2 nitrogen and oxygen atoms in total. The molecule has 1 aliphatic heterocycles. The number of hydrogen-bond acceptors (Lipinski definition) is 2. The highest BCUT2D eigenvalue weighted by Crippen LogP contribution is 2.50. The topological polar surface area (TPSA) is 26.3 Å². The van der Waals surface area contributed by atoms with E-state index in [1.54, 1.807) is 0 Å². The van der Waals surface area contributed by atoms with E-state index in [-0.39, 0.29) is 33.5 Å². The first-order chi connectivity index (χ1) is 11.8. The molecule has 0 aromatic heterocycles. The van der Waals surface area contributed by atoms with Gasteiger partial charge in [0, 0.05) is 22.2 Å². The van der Waals surface area contributed by atoms with Crippen LogP contribution in [0.1, 0.15) is 12.0 Å². The van der Waals surface area contributed by atoms with Crippen molar-refractivity contribution < 1.29 is 39.7 Å². The Labute approximate surface area is 163 Å². The quantitative estimate of drug-likeness (QED) is 0.453. The zero-order valence-electron chi connectivity index (χ0n) is 12.7. The Kier molecular flexibility index (Phi) is 6.52. The summed E-state index contributed by atoms with van der Waals surface area (Å²) in [4.78, 5) is -0.785. The average molecular weight is 536 g/mol. The SMILES string of the molecule is O=S(c1cc(Br)cc(Br)c1CC1CCOC1)C(F)(F)C(F)(F)C(F)(F)F. The molecule has 26 heavy (non-hydrogen) atoms. The Hall–Kier alpha value is -0.200. The number of hydrogen-bond donors (Lipinski definition) is 0. The van der Waals surface area contributed by atoms with E-state index in [0.717, 1.165) is 6.07 Å². The van der Waals surface area contributed by atoms with Crippen LogP contribution in [0, 0.1) is 5.92 Å². The van der Waals surface area contributed by atoms with Gasteiger partial charge in [0.15, 0.2) is 0 Å². The van der Waals surface area contributed by atoms with E-state index in [1.807, 2.05) is 0 Å². The Morgan fingerprint density at radius 3 is 2.23 bits per heavy atom. The Balaban J connectivity index is 2.50. The van der Waals surface area contributed by atoms with Crippen molar-refractivity contribution in [3.8, 4) is 0 Å². The van der Waals surface area contributed by atoms with Gasteiger partial charge in [0.05, 0.1) is 4.90 Å². The van der Waals surface area contributed by atoms with Crippen molar-refractivity contribution in [2.75, 3.05) is 13.2 Å². The molecule has 1 aliphatic rings. The van der Waals surface area contributed by atoms with Crippen LogP contribution in [-0.2, 0) is 22.0 Å². The van der Waals surface area contributed by atoms with Crippen LogP contribution in [-0.4, -0.2) is 34.8 Å². The first kappa shape index (κ1) is 22.1. The van der Waals surface area contributed by atoms with Gasteiger partial charge in [0.1, 0.15) is 10.8 Å². The number of alkyl halides is 7. The zero-order valence-corrected chi connectivity index (χ0v) is 16.7. The maximum Gasteiger partial charge on any atom is 0.461 e. The third-order valence-corrected chi connectivity index (χ3v) is 6.44. The van der Waals surface area contributed by atoms with Crippen LogP contribution in [0.5, 0.6) is 0 Å². The predicted octanol–water partition coefficient (Wildman–Crippen LogP) is 5.69. The first-order valence-electron chi connectivity index (χ1n) is 7.09. The van der Waals surface area contributed by atoms with E-state index in [9.17, 15) is 34.9 Å². The van der Waals surface area contributed by atoms with Gasteiger partial charge >= 0.3 is 17.4 Å². The molecule has 2 atom stereocenters. The molecule has 1 heterocycles. The fourth-order valence-corrected chi connectivity index (χ4v) is 5.34. The summed E-state index contributed by atoms with van der Waals surface area (Å²) < 4.78 is 109. The number of halogens is 9. The van der Waals surface area contributed by atoms with Crippen molar-refractivity contribution in [3.63, 3.8) is 0 Å². The van der Waals surface area contributed by atoms with Crippen LogP contribution in [0.4, 0.5) is 30.7 Å². The highest BCUT2D eigenvalue weighted by atomic mass is 79.9. The van der Waals surface area contributed by atoms with Gasteiger partial charge in [0.25, 0.3) is 0 Å². The summed E-state index contributed by atoms with van der Waals surface area (Å²) in [7, 11) is -3.95. The standard InChI is InChI=1S/C14H11Br2F7O2S/c15-8-4-10(16)9(3-7-1-2-25-6-7)11(5-8)26(24)14(22,23)12(17,18)13(19,20)21/h4-5,7H,1-3,6H2. The predicted molar refractivity (Wildman–Crippen MR) is 86.8 cm³/mol. The lowest BCUT2D eigenvalue weighted by atomic mass is 9.99. The van der Waals surface area contributed by atoms with Crippen molar-refractivity contribution in [2.24, 2.45) is 5.92 Å². The van der Waals surface area contributed by atoms with Crippen molar-refractivity contribution in [1.82, 2.24) is 0 Å². The maximum absolute atomic E-state index is 13.9. The Morgan fingerprint density at radius 2 is 1.73 bits per heavy atom. The zero-order chi connectivity index (χ0) is 19.9. The van der Waals surface area contributed by atoms with Gasteiger partial charge in [-0.15, -0.1) is 0 Å². The third kappa shape index (κ3) is 4.12. The molecule has 1 aromatic rings. The molecule has 0 aliphatic carbocycles.